The number of fused-ring (bicyclic) bond motifs is 1. The van der Waals surface area contributed by atoms with E-state index in [9.17, 15) is 4.79 Å². The maximum absolute atomic E-state index is 12.5. The van der Waals surface area contributed by atoms with Crippen LogP contribution in [0.15, 0.2) is 6.07 Å². The Kier molecular flexibility index (Phi) is 4.24. The zero-order valence-electron chi connectivity index (χ0n) is 12.1. The van der Waals surface area contributed by atoms with Gasteiger partial charge in [-0.1, -0.05) is 13.8 Å². The van der Waals surface area contributed by atoms with Crippen LogP contribution in [-0.4, -0.2) is 33.7 Å². The van der Waals surface area contributed by atoms with E-state index in [-0.39, 0.29) is 5.91 Å². The third kappa shape index (κ3) is 2.66. The molecule has 0 spiro atoms. The summed E-state index contributed by atoms with van der Waals surface area (Å²) in [6.07, 6.45) is 1.99. The highest BCUT2D eigenvalue weighted by Gasteiger charge is 2.19. The molecule has 2 aromatic heterocycles. The van der Waals surface area contributed by atoms with Gasteiger partial charge in [0.25, 0.3) is 5.91 Å². The molecule has 0 N–H and O–H groups in total. The number of hydrogen-bond donors (Lipinski definition) is 0. The van der Waals surface area contributed by atoms with Crippen LogP contribution in [0.25, 0.3) is 10.2 Å². The Hall–Kier alpha value is -1.36. The summed E-state index contributed by atoms with van der Waals surface area (Å²) in [7, 11) is 1.93. The highest BCUT2D eigenvalue weighted by atomic mass is 32.1. The Morgan fingerprint density at radius 2 is 2.00 bits per heavy atom. The van der Waals surface area contributed by atoms with Gasteiger partial charge in [0.1, 0.15) is 4.83 Å². The van der Waals surface area contributed by atoms with Gasteiger partial charge in [-0.05, 0) is 25.8 Å². The second-order valence-corrected chi connectivity index (χ2v) is 5.86. The van der Waals surface area contributed by atoms with E-state index in [1.807, 2.05) is 29.6 Å². The fourth-order valence-electron chi connectivity index (χ4n) is 2.32. The van der Waals surface area contributed by atoms with Gasteiger partial charge < -0.3 is 4.90 Å². The Labute approximate surface area is 118 Å². The van der Waals surface area contributed by atoms with E-state index in [2.05, 4.69) is 18.9 Å². The Bertz CT molecular complexity index is 544. The molecule has 0 aliphatic rings. The number of aromatic nitrogens is 2. The van der Waals surface area contributed by atoms with Crippen LogP contribution in [0.1, 0.15) is 42.1 Å². The predicted molar refractivity (Wildman–Crippen MR) is 79.8 cm³/mol. The molecule has 0 aromatic carbocycles. The van der Waals surface area contributed by atoms with E-state index in [4.69, 9.17) is 0 Å². The lowest BCUT2D eigenvalue weighted by molar-refractivity contribution is 0.0760. The van der Waals surface area contributed by atoms with Crippen LogP contribution in [-0.2, 0) is 7.05 Å². The summed E-state index contributed by atoms with van der Waals surface area (Å²) < 4.78 is 1.86. The molecule has 2 rings (SSSR count). The smallest absolute Gasteiger partial charge is 0.264 e. The first-order chi connectivity index (χ1) is 9.08. The minimum Gasteiger partial charge on any atom is -0.338 e. The lowest BCUT2D eigenvalue weighted by Gasteiger charge is -2.20. The number of nitrogens with zero attached hydrogens (tertiary/aromatic N) is 3. The van der Waals surface area contributed by atoms with Gasteiger partial charge >= 0.3 is 0 Å². The second-order valence-electron chi connectivity index (χ2n) is 4.83. The molecule has 0 saturated carbocycles. The Morgan fingerprint density at radius 3 is 2.53 bits per heavy atom. The molecule has 0 radical (unpaired) electrons. The minimum absolute atomic E-state index is 0.157. The first-order valence-electron chi connectivity index (χ1n) is 6.80. The van der Waals surface area contributed by atoms with Crippen LogP contribution < -0.4 is 0 Å². The zero-order chi connectivity index (χ0) is 14.0. The zero-order valence-corrected chi connectivity index (χ0v) is 12.9. The molecule has 0 fully saturated rings. The molecule has 1 amide bonds. The monoisotopic (exact) mass is 279 g/mol. The van der Waals surface area contributed by atoms with Crippen molar-refractivity contribution in [3.8, 4) is 0 Å². The van der Waals surface area contributed by atoms with E-state index in [0.29, 0.717) is 0 Å². The topological polar surface area (TPSA) is 38.1 Å². The summed E-state index contributed by atoms with van der Waals surface area (Å²) in [5.41, 5.74) is 0.991. The fraction of sp³-hybridized carbons (Fsp3) is 0.571. The number of hydrogen-bond acceptors (Lipinski definition) is 3. The standard InChI is InChI=1S/C14H21N3OS/c1-5-7-17(8-6-2)13(18)12-9-11-10(3)15-16(4)14(11)19-12/h9H,5-8H2,1-4H3. The minimum atomic E-state index is 0.157. The van der Waals surface area contributed by atoms with Crippen molar-refractivity contribution in [3.05, 3.63) is 16.6 Å². The second kappa shape index (κ2) is 5.74. The maximum Gasteiger partial charge on any atom is 0.264 e. The lowest BCUT2D eigenvalue weighted by Crippen LogP contribution is -2.31. The number of amides is 1. The summed E-state index contributed by atoms with van der Waals surface area (Å²) >= 11 is 1.54. The molecule has 0 bridgehead atoms. The summed E-state index contributed by atoms with van der Waals surface area (Å²) in [6, 6.07) is 1.99. The molecule has 2 aromatic rings. The van der Waals surface area contributed by atoms with Crippen LogP contribution in [0.5, 0.6) is 0 Å². The van der Waals surface area contributed by atoms with Crippen molar-refractivity contribution in [1.29, 1.82) is 0 Å². The molecule has 5 heteroatoms. The van der Waals surface area contributed by atoms with Crippen LogP contribution in [0.4, 0.5) is 0 Å². The molecule has 104 valence electrons. The maximum atomic E-state index is 12.5. The number of rotatable bonds is 5. The Morgan fingerprint density at radius 1 is 1.37 bits per heavy atom. The van der Waals surface area contributed by atoms with Crippen molar-refractivity contribution in [2.75, 3.05) is 13.1 Å². The molecular formula is C14H21N3OS. The van der Waals surface area contributed by atoms with Gasteiger partial charge in [-0.3, -0.25) is 9.48 Å². The molecule has 0 aliphatic heterocycles. The van der Waals surface area contributed by atoms with Crippen molar-refractivity contribution >= 4 is 27.5 Å². The first-order valence-corrected chi connectivity index (χ1v) is 7.62. The van der Waals surface area contributed by atoms with Crippen molar-refractivity contribution in [2.24, 2.45) is 7.05 Å². The predicted octanol–water partition coefficient (Wildman–Crippen LogP) is 3.21. The van der Waals surface area contributed by atoms with Crippen molar-refractivity contribution in [2.45, 2.75) is 33.6 Å². The first kappa shape index (κ1) is 14.1. The van der Waals surface area contributed by atoms with Crippen LogP contribution in [0.3, 0.4) is 0 Å². The van der Waals surface area contributed by atoms with E-state index < -0.39 is 0 Å². The number of carbonyl (C=O) groups excluding carboxylic acids is 1. The molecule has 19 heavy (non-hydrogen) atoms. The molecular weight excluding hydrogens is 258 g/mol. The van der Waals surface area contributed by atoms with E-state index in [1.54, 1.807) is 11.3 Å². The van der Waals surface area contributed by atoms with Gasteiger partial charge in [-0.2, -0.15) is 5.10 Å². The van der Waals surface area contributed by atoms with Crippen LogP contribution in [0, 0.1) is 6.92 Å². The normalized spacial score (nSPS) is 11.2. The quantitative estimate of drug-likeness (QED) is 0.843. The molecule has 0 unspecified atom stereocenters. The molecule has 0 aliphatic carbocycles. The lowest BCUT2D eigenvalue weighted by atomic mass is 10.2. The van der Waals surface area contributed by atoms with Crippen molar-refractivity contribution in [3.63, 3.8) is 0 Å². The fourth-order valence-corrected chi connectivity index (χ4v) is 3.41. The van der Waals surface area contributed by atoms with Gasteiger partial charge in [0.15, 0.2) is 0 Å². The van der Waals surface area contributed by atoms with Gasteiger partial charge in [-0.25, -0.2) is 0 Å². The largest absolute Gasteiger partial charge is 0.338 e. The van der Waals surface area contributed by atoms with Gasteiger partial charge in [-0.15, -0.1) is 11.3 Å². The summed E-state index contributed by atoms with van der Waals surface area (Å²) in [5, 5.41) is 5.47. The van der Waals surface area contributed by atoms with E-state index >= 15 is 0 Å². The SMILES string of the molecule is CCCN(CCC)C(=O)c1cc2c(C)nn(C)c2s1. The van der Waals surface area contributed by atoms with Crippen LogP contribution >= 0.6 is 11.3 Å². The summed E-state index contributed by atoms with van der Waals surface area (Å²) in [6.45, 7) is 7.86. The third-order valence-electron chi connectivity index (χ3n) is 3.18. The third-order valence-corrected chi connectivity index (χ3v) is 4.37. The number of carbonyl (C=O) groups is 1. The van der Waals surface area contributed by atoms with E-state index in [0.717, 1.165) is 46.7 Å². The average molecular weight is 279 g/mol. The average Bonchev–Trinajstić information content (AvgIpc) is 2.91. The van der Waals surface area contributed by atoms with Gasteiger partial charge in [0, 0.05) is 25.5 Å². The van der Waals surface area contributed by atoms with Crippen molar-refractivity contribution in [1.82, 2.24) is 14.7 Å². The number of aryl methyl sites for hydroxylation is 2. The Balaban J connectivity index is 2.32. The molecule has 0 saturated heterocycles. The summed E-state index contributed by atoms with van der Waals surface area (Å²) in [4.78, 5) is 16.4. The van der Waals surface area contributed by atoms with Crippen molar-refractivity contribution < 1.29 is 4.79 Å². The number of thiophene rings is 1. The van der Waals surface area contributed by atoms with Crippen LogP contribution in [0.2, 0.25) is 0 Å². The van der Waals surface area contributed by atoms with E-state index in [1.165, 1.54) is 0 Å². The highest BCUT2D eigenvalue weighted by Crippen LogP contribution is 2.28. The molecule has 2 heterocycles. The van der Waals surface area contributed by atoms with Gasteiger partial charge in [0.2, 0.25) is 0 Å². The molecule has 4 nitrogen and oxygen atoms in total. The van der Waals surface area contributed by atoms with Gasteiger partial charge in [0.05, 0.1) is 10.6 Å². The summed E-state index contributed by atoms with van der Waals surface area (Å²) in [5.74, 6) is 0.157. The highest BCUT2D eigenvalue weighted by molar-refractivity contribution is 7.20. The molecule has 0 atom stereocenters.